The van der Waals surface area contributed by atoms with E-state index >= 15 is 0 Å². The lowest BCUT2D eigenvalue weighted by Crippen LogP contribution is -2.56. The Bertz CT molecular complexity index is 1050. The van der Waals surface area contributed by atoms with Gasteiger partial charge in [0.15, 0.2) is 5.11 Å². The number of hydrogen-bond acceptors (Lipinski definition) is 2. The van der Waals surface area contributed by atoms with Crippen molar-refractivity contribution in [1.29, 1.82) is 0 Å². The zero-order valence-electron chi connectivity index (χ0n) is 15.4. The topological polar surface area (TPSA) is 53.2 Å². The van der Waals surface area contributed by atoms with Gasteiger partial charge in [0.05, 0.1) is 0 Å². The minimum atomic E-state index is -1.82. The number of thiocarbonyl (C=S) groups is 1. The van der Waals surface area contributed by atoms with E-state index in [4.69, 9.17) is 47.0 Å². The van der Waals surface area contributed by atoms with Gasteiger partial charge in [0.25, 0.3) is 5.91 Å². The summed E-state index contributed by atoms with van der Waals surface area (Å²) in [6, 6.07) is 20.9. The van der Waals surface area contributed by atoms with E-state index in [1.807, 2.05) is 55.5 Å². The van der Waals surface area contributed by atoms with Crippen molar-refractivity contribution < 1.29 is 4.79 Å². The Kier molecular flexibility index (Phi) is 6.85. The normalized spacial score (nSPS) is 12.3. The second-order valence-electron chi connectivity index (χ2n) is 6.48. The molecule has 150 valence electrons. The predicted molar refractivity (Wildman–Crippen MR) is 126 cm³/mol. The van der Waals surface area contributed by atoms with Gasteiger partial charge < -0.3 is 16.0 Å². The van der Waals surface area contributed by atoms with Gasteiger partial charge >= 0.3 is 0 Å². The van der Waals surface area contributed by atoms with Crippen molar-refractivity contribution >= 4 is 74.5 Å². The van der Waals surface area contributed by atoms with Crippen molar-refractivity contribution in [1.82, 2.24) is 10.6 Å². The summed E-state index contributed by atoms with van der Waals surface area (Å²) in [6.45, 7) is 1.89. The third kappa shape index (κ3) is 5.97. The Morgan fingerprint density at radius 1 is 0.931 bits per heavy atom. The highest BCUT2D eigenvalue weighted by Gasteiger charge is 2.34. The molecule has 29 heavy (non-hydrogen) atoms. The van der Waals surface area contributed by atoms with Crippen molar-refractivity contribution in [3.8, 4) is 0 Å². The van der Waals surface area contributed by atoms with E-state index in [0.29, 0.717) is 5.56 Å². The first-order chi connectivity index (χ1) is 13.7. The molecule has 3 N–H and O–H groups in total. The van der Waals surface area contributed by atoms with E-state index in [9.17, 15) is 4.79 Å². The van der Waals surface area contributed by atoms with Gasteiger partial charge in [-0.3, -0.25) is 4.79 Å². The third-order valence-electron chi connectivity index (χ3n) is 4.17. The van der Waals surface area contributed by atoms with Crippen molar-refractivity contribution in [3.05, 3.63) is 77.9 Å². The first kappa shape index (κ1) is 21.7. The van der Waals surface area contributed by atoms with Crippen molar-refractivity contribution in [3.63, 3.8) is 0 Å². The molecule has 0 bridgehead atoms. The summed E-state index contributed by atoms with van der Waals surface area (Å²) in [4.78, 5) is 12.5. The number of fused-ring (bicyclic) bond motifs is 1. The number of halogens is 3. The Hall–Kier alpha value is -2.05. The monoisotopic (exact) mass is 465 g/mol. The third-order valence-corrected chi connectivity index (χ3v) is 5.04. The maximum Gasteiger partial charge on any atom is 0.252 e. The number of carbonyl (C=O) groups excluding carboxylic acids is 1. The highest BCUT2D eigenvalue weighted by atomic mass is 35.6. The Morgan fingerprint density at radius 2 is 1.66 bits per heavy atom. The van der Waals surface area contributed by atoms with Crippen molar-refractivity contribution in [2.45, 2.75) is 16.9 Å². The van der Waals surface area contributed by atoms with E-state index in [1.54, 1.807) is 18.2 Å². The molecular weight excluding hydrogens is 449 g/mol. The first-order valence-electron chi connectivity index (χ1n) is 8.73. The molecule has 1 unspecified atom stereocenters. The number of benzene rings is 3. The molecule has 3 aromatic rings. The van der Waals surface area contributed by atoms with Crippen molar-refractivity contribution in [2.75, 3.05) is 5.32 Å². The standard InChI is InChI=1S/C21H18Cl3N3OS/c1-13-5-4-8-16(11-13)18(28)26-19(21(22,23)24)27-20(29)25-17-10-9-14-6-2-3-7-15(14)12-17/h2-12,19H,1H3,(H,26,28)(H2,25,27,29). The van der Waals surface area contributed by atoms with E-state index in [1.165, 1.54) is 0 Å². The maximum atomic E-state index is 12.5. The second kappa shape index (κ2) is 9.18. The van der Waals surface area contributed by atoms with Crippen LogP contribution in [0.1, 0.15) is 15.9 Å². The lowest BCUT2D eigenvalue weighted by Gasteiger charge is -2.28. The molecule has 0 heterocycles. The van der Waals surface area contributed by atoms with Crippen LogP contribution in [0.4, 0.5) is 5.69 Å². The molecule has 0 aromatic heterocycles. The highest BCUT2D eigenvalue weighted by Crippen LogP contribution is 2.29. The number of aryl methyl sites for hydroxylation is 1. The van der Waals surface area contributed by atoms with Gasteiger partial charge in [-0.2, -0.15) is 0 Å². The van der Waals surface area contributed by atoms with Crippen LogP contribution >= 0.6 is 47.0 Å². The molecule has 1 atom stereocenters. The van der Waals surface area contributed by atoms with E-state index in [-0.39, 0.29) is 11.0 Å². The molecule has 0 saturated carbocycles. The van der Waals surface area contributed by atoms with Crippen LogP contribution in [-0.2, 0) is 0 Å². The van der Waals surface area contributed by atoms with Gasteiger partial charge in [0.1, 0.15) is 6.17 Å². The molecule has 0 aliphatic heterocycles. The van der Waals surface area contributed by atoms with Crippen LogP contribution in [-0.4, -0.2) is 21.0 Å². The average Bonchev–Trinajstić information content (AvgIpc) is 2.66. The molecule has 0 spiro atoms. The number of amides is 1. The smallest absolute Gasteiger partial charge is 0.252 e. The Labute approximate surface area is 189 Å². The molecule has 8 heteroatoms. The number of alkyl halides is 3. The van der Waals surface area contributed by atoms with Crippen LogP contribution in [0.25, 0.3) is 10.8 Å². The van der Waals surface area contributed by atoms with Crippen LogP contribution in [0.3, 0.4) is 0 Å². The van der Waals surface area contributed by atoms with Crippen molar-refractivity contribution in [2.24, 2.45) is 0 Å². The van der Waals surface area contributed by atoms with Gasteiger partial charge in [-0.1, -0.05) is 82.8 Å². The maximum absolute atomic E-state index is 12.5. The molecular formula is C21H18Cl3N3OS. The Balaban J connectivity index is 1.70. The summed E-state index contributed by atoms with van der Waals surface area (Å²) in [5.74, 6) is -0.383. The fraction of sp³-hybridized carbons (Fsp3) is 0.143. The first-order valence-corrected chi connectivity index (χ1v) is 10.3. The summed E-state index contributed by atoms with van der Waals surface area (Å²) in [7, 11) is 0. The largest absolute Gasteiger partial charge is 0.339 e. The van der Waals surface area contributed by atoms with Gasteiger partial charge in [-0.25, -0.2) is 0 Å². The summed E-state index contributed by atoms with van der Waals surface area (Å²) in [5, 5.41) is 11.0. The average molecular weight is 467 g/mol. The van der Waals surface area contributed by atoms with Crippen LogP contribution in [0.5, 0.6) is 0 Å². The van der Waals surface area contributed by atoms with Gasteiger partial charge in [0.2, 0.25) is 3.79 Å². The summed E-state index contributed by atoms with van der Waals surface area (Å²) < 4.78 is -1.82. The van der Waals surface area contributed by atoms with Crippen LogP contribution in [0.15, 0.2) is 66.7 Å². The molecule has 3 rings (SSSR count). The van der Waals surface area contributed by atoms with Crippen LogP contribution < -0.4 is 16.0 Å². The minimum absolute atomic E-state index is 0.209. The Morgan fingerprint density at radius 3 is 2.34 bits per heavy atom. The molecule has 0 aliphatic rings. The van der Waals surface area contributed by atoms with E-state index < -0.39 is 9.96 Å². The molecule has 0 fully saturated rings. The fourth-order valence-electron chi connectivity index (χ4n) is 2.77. The number of nitrogens with one attached hydrogen (secondary N) is 3. The van der Waals surface area contributed by atoms with Gasteiger partial charge in [-0.05, 0) is 54.2 Å². The quantitative estimate of drug-likeness (QED) is 0.268. The highest BCUT2D eigenvalue weighted by molar-refractivity contribution is 7.80. The van der Waals surface area contributed by atoms with Gasteiger partial charge in [-0.15, -0.1) is 0 Å². The molecule has 0 aliphatic carbocycles. The molecule has 1 amide bonds. The summed E-state index contributed by atoms with van der Waals surface area (Å²) >= 11 is 23.5. The van der Waals surface area contributed by atoms with Gasteiger partial charge in [0, 0.05) is 11.3 Å². The predicted octanol–water partition coefficient (Wildman–Crippen LogP) is 5.56. The fourth-order valence-corrected chi connectivity index (χ4v) is 3.33. The summed E-state index contributed by atoms with van der Waals surface area (Å²) in [5.41, 5.74) is 2.18. The lowest BCUT2D eigenvalue weighted by molar-refractivity contribution is 0.0934. The lowest BCUT2D eigenvalue weighted by atomic mass is 10.1. The number of carbonyl (C=O) groups is 1. The molecule has 0 saturated heterocycles. The van der Waals surface area contributed by atoms with Crippen LogP contribution in [0.2, 0.25) is 0 Å². The minimum Gasteiger partial charge on any atom is -0.339 e. The molecule has 4 nitrogen and oxygen atoms in total. The summed E-state index contributed by atoms with van der Waals surface area (Å²) in [6.07, 6.45) is -1.04. The number of hydrogen-bond donors (Lipinski definition) is 3. The zero-order chi connectivity index (χ0) is 21.0. The number of rotatable bonds is 4. The molecule has 0 radical (unpaired) electrons. The number of anilines is 1. The SMILES string of the molecule is Cc1cccc(C(=O)NC(NC(=S)Nc2ccc3ccccc3c2)C(Cl)(Cl)Cl)c1. The molecule has 3 aromatic carbocycles. The zero-order valence-corrected chi connectivity index (χ0v) is 18.5. The van der Waals surface area contributed by atoms with E-state index in [2.05, 4.69) is 16.0 Å². The second-order valence-corrected chi connectivity index (χ2v) is 9.26. The van der Waals surface area contributed by atoms with Crippen LogP contribution in [0, 0.1) is 6.92 Å². The van der Waals surface area contributed by atoms with E-state index in [0.717, 1.165) is 22.0 Å².